The molecule has 1 aromatic carbocycles. The molecule has 20 heavy (non-hydrogen) atoms. The summed E-state index contributed by atoms with van der Waals surface area (Å²) in [6, 6.07) is 6.04. The van der Waals surface area contributed by atoms with Crippen LogP contribution in [0.2, 0.25) is 0 Å². The Kier molecular flexibility index (Phi) is 3.65. The van der Waals surface area contributed by atoms with Crippen LogP contribution in [0, 0.1) is 17.0 Å². The van der Waals surface area contributed by atoms with E-state index in [0.717, 1.165) is 0 Å². The van der Waals surface area contributed by atoms with Gasteiger partial charge in [0.25, 0.3) is 5.91 Å². The first-order valence-corrected chi connectivity index (χ1v) is 5.73. The van der Waals surface area contributed by atoms with Gasteiger partial charge in [-0.25, -0.2) is 4.57 Å². The number of anilines is 1. The zero-order chi connectivity index (χ0) is 14.7. The number of imidazole rings is 1. The number of aromatic hydroxyl groups is 1. The highest BCUT2D eigenvalue weighted by Gasteiger charge is 2.20. The lowest BCUT2D eigenvalue weighted by atomic mass is 10.3. The summed E-state index contributed by atoms with van der Waals surface area (Å²) in [5.41, 5.74) is 0.929. The van der Waals surface area contributed by atoms with Crippen molar-refractivity contribution in [3.05, 3.63) is 46.3 Å². The van der Waals surface area contributed by atoms with E-state index in [1.807, 2.05) is 0 Å². The van der Waals surface area contributed by atoms with Crippen LogP contribution < -0.4 is 5.32 Å². The minimum Gasteiger partial charge on any atom is -0.508 e. The number of nitrogens with one attached hydrogen (secondary N) is 1. The summed E-state index contributed by atoms with van der Waals surface area (Å²) in [5.74, 6) is -0.805. The molecule has 2 aromatic rings. The van der Waals surface area contributed by atoms with Gasteiger partial charge in [-0.1, -0.05) is 11.1 Å². The van der Waals surface area contributed by atoms with Gasteiger partial charge in [0.05, 0.1) is 0 Å². The minimum atomic E-state index is -0.644. The van der Waals surface area contributed by atoms with Crippen molar-refractivity contribution >= 4 is 17.5 Å². The van der Waals surface area contributed by atoms with E-state index in [-0.39, 0.29) is 18.2 Å². The zero-order valence-corrected chi connectivity index (χ0v) is 10.6. The second-order valence-corrected chi connectivity index (χ2v) is 4.14. The summed E-state index contributed by atoms with van der Waals surface area (Å²) in [7, 11) is 0. The highest BCUT2D eigenvalue weighted by atomic mass is 16.6. The first kappa shape index (κ1) is 13.5. The van der Waals surface area contributed by atoms with Crippen molar-refractivity contribution in [2.24, 2.45) is 0 Å². The molecule has 1 amide bonds. The number of carbonyl (C=O) groups excluding carboxylic acids is 1. The van der Waals surface area contributed by atoms with Crippen LogP contribution in [0.25, 0.3) is 0 Å². The highest BCUT2D eigenvalue weighted by molar-refractivity contribution is 5.90. The third-order valence-electron chi connectivity index (χ3n) is 2.63. The SMILES string of the molecule is Cc1cnc([N+](=O)[O-])n1CC(=O)Nc1cccc(O)c1. The number of nitrogens with zero attached hydrogens (tertiary/aromatic N) is 3. The fourth-order valence-corrected chi connectivity index (χ4v) is 1.72. The van der Waals surface area contributed by atoms with E-state index in [1.165, 1.54) is 22.9 Å². The third-order valence-corrected chi connectivity index (χ3v) is 2.63. The number of aromatic nitrogens is 2. The van der Waals surface area contributed by atoms with Crippen molar-refractivity contribution < 1.29 is 14.8 Å². The first-order chi connectivity index (χ1) is 9.47. The summed E-state index contributed by atoms with van der Waals surface area (Å²) < 4.78 is 1.21. The van der Waals surface area contributed by atoms with E-state index >= 15 is 0 Å². The Hall–Kier alpha value is -2.90. The number of aryl methyl sites for hydroxylation is 1. The predicted octanol–water partition coefficient (Wildman–Crippen LogP) is 1.44. The molecule has 2 rings (SSSR count). The molecule has 0 unspecified atom stereocenters. The first-order valence-electron chi connectivity index (χ1n) is 5.73. The lowest BCUT2D eigenvalue weighted by molar-refractivity contribution is -0.396. The molecule has 0 aliphatic rings. The van der Waals surface area contributed by atoms with Crippen molar-refractivity contribution in [1.82, 2.24) is 9.55 Å². The molecule has 2 N–H and O–H groups in total. The summed E-state index contributed by atoms with van der Waals surface area (Å²) in [6.07, 6.45) is 1.33. The minimum absolute atomic E-state index is 0.0209. The Morgan fingerprint density at radius 1 is 1.55 bits per heavy atom. The maximum Gasteiger partial charge on any atom is 0.435 e. The summed E-state index contributed by atoms with van der Waals surface area (Å²) >= 11 is 0. The summed E-state index contributed by atoms with van der Waals surface area (Å²) in [5, 5.41) is 22.6. The molecule has 0 saturated carbocycles. The monoisotopic (exact) mass is 276 g/mol. The molecular weight excluding hydrogens is 264 g/mol. The van der Waals surface area contributed by atoms with Gasteiger partial charge in [0.15, 0.2) is 6.54 Å². The van der Waals surface area contributed by atoms with Gasteiger partial charge in [0.1, 0.15) is 17.6 Å². The standard InChI is InChI=1S/C12H12N4O4/c1-8-6-13-12(16(19)20)15(8)7-11(18)14-9-3-2-4-10(17)5-9/h2-6,17H,7H2,1H3,(H,14,18). The number of phenolic OH excluding ortho intramolecular Hbond substituents is 1. The maximum absolute atomic E-state index is 11.9. The predicted molar refractivity (Wildman–Crippen MR) is 70.4 cm³/mol. The molecule has 0 spiro atoms. The van der Waals surface area contributed by atoms with Crippen molar-refractivity contribution in [2.45, 2.75) is 13.5 Å². The Morgan fingerprint density at radius 2 is 2.30 bits per heavy atom. The quantitative estimate of drug-likeness (QED) is 0.648. The Labute approximate surface area is 113 Å². The molecule has 1 aromatic heterocycles. The zero-order valence-electron chi connectivity index (χ0n) is 10.6. The molecule has 8 nitrogen and oxygen atoms in total. The average Bonchev–Trinajstić information content (AvgIpc) is 2.71. The van der Waals surface area contributed by atoms with Gasteiger partial charge in [-0.2, -0.15) is 0 Å². The average molecular weight is 276 g/mol. The molecular formula is C12H12N4O4. The summed E-state index contributed by atoms with van der Waals surface area (Å²) in [4.78, 5) is 25.6. The molecule has 0 bridgehead atoms. The number of benzene rings is 1. The molecule has 1 heterocycles. The van der Waals surface area contributed by atoms with Gasteiger partial charge >= 0.3 is 5.95 Å². The van der Waals surface area contributed by atoms with E-state index in [0.29, 0.717) is 11.4 Å². The van der Waals surface area contributed by atoms with E-state index in [9.17, 15) is 20.0 Å². The Morgan fingerprint density at radius 3 is 2.95 bits per heavy atom. The fourth-order valence-electron chi connectivity index (χ4n) is 1.72. The van der Waals surface area contributed by atoms with Crippen molar-refractivity contribution in [3.8, 4) is 5.75 Å². The van der Waals surface area contributed by atoms with Crippen LogP contribution in [0.15, 0.2) is 30.5 Å². The molecule has 0 aliphatic heterocycles. The van der Waals surface area contributed by atoms with E-state index < -0.39 is 10.8 Å². The molecule has 8 heteroatoms. The largest absolute Gasteiger partial charge is 0.508 e. The second-order valence-electron chi connectivity index (χ2n) is 4.14. The second kappa shape index (κ2) is 5.39. The number of carbonyl (C=O) groups is 1. The summed E-state index contributed by atoms with van der Waals surface area (Å²) in [6.45, 7) is 1.40. The lowest BCUT2D eigenvalue weighted by Crippen LogP contribution is -2.20. The molecule has 0 aliphatic carbocycles. The molecule has 104 valence electrons. The van der Waals surface area contributed by atoms with E-state index in [1.54, 1.807) is 19.1 Å². The van der Waals surface area contributed by atoms with Crippen molar-refractivity contribution in [1.29, 1.82) is 0 Å². The van der Waals surface area contributed by atoms with Crippen LogP contribution in [0.4, 0.5) is 11.6 Å². The molecule has 0 fully saturated rings. The third kappa shape index (κ3) is 2.91. The molecule has 0 atom stereocenters. The van der Waals surface area contributed by atoms with Gasteiger partial charge in [0, 0.05) is 11.8 Å². The van der Waals surface area contributed by atoms with Gasteiger partial charge in [-0.05, 0) is 24.0 Å². The lowest BCUT2D eigenvalue weighted by Gasteiger charge is -2.06. The van der Waals surface area contributed by atoms with Gasteiger partial charge in [0.2, 0.25) is 0 Å². The Bertz CT molecular complexity index is 665. The number of phenols is 1. The molecule has 0 radical (unpaired) electrons. The number of hydrogen-bond donors (Lipinski definition) is 2. The van der Waals surface area contributed by atoms with Crippen molar-refractivity contribution in [2.75, 3.05) is 5.32 Å². The van der Waals surface area contributed by atoms with Crippen LogP contribution in [0.3, 0.4) is 0 Å². The normalized spacial score (nSPS) is 10.2. The number of amides is 1. The van der Waals surface area contributed by atoms with Crippen LogP contribution in [0.1, 0.15) is 5.69 Å². The molecule has 0 saturated heterocycles. The highest BCUT2D eigenvalue weighted by Crippen LogP contribution is 2.16. The van der Waals surface area contributed by atoms with E-state index in [4.69, 9.17) is 0 Å². The van der Waals surface area contributed by atoms with Gasteiger partial charge < -0.3 is 20.5 Å². The Balaban J connectivity index is 2.12. The van der Waals surface area contributed by atoms with Crippen molar-refractivity contribution in [3.63, 3.8) is 0 Å². The number of hydrogen-bond acceptors (Lipinski definition) is 5. The van der Waals surface area contributed by atoms with Crippen LogP contribution in [0.5, 0.6) is 5.75 Å². The van der Waals surface area contributed by atoms with Gasteiger partial charge in [-0.15, -0.1) is 0 Å². The van der Waals surface area contributed by atoms with Crippen LogP contribution in [-0.4, -0.2) is 25.5 Å². The number of rotatable bonds is 4. The number of nitro groups is 1. The van der Waals surface area contributed by atoms with Crippen LogP contribution in [-0.2, 0) is 11.3 Å². The topological polar surface area (TPSA) is 110 Å². The van der Waals surface area contributed by atoms with E-state index in [2.05, 4.69) is 10.3 Å². The maximum atomic E-state index is 11.9. The fraction of sp³-hybridized carbons (Fsp3) is 0.167. The van der Waals surface area contributed by atoms with Gasteiger partial charge in [-0.3, -0.25) is 4.79 Å². The smallest absolute Gasteiger partial charge is 0.435 e. The van der Waals surface area contributed by atoms with Crippen LogP contribution >= 0.6 is 0 Å².